The van der Waals surface area contributed by atoms with Crippen molar-refractivity contribution in [3.8, 4) is 17.5 Å². The van der Waals surface area contributed by atoms with E-state index in [0.29, 0.717) is 29.5 Å². The number of nitrogens with zero attached hydrogens (tertiary/aromatic N) is 4. The van der Waals surface area contributed by atoms with Crippen LogP contribution in [0.5, 0.6) is 0 Å². The molecule has 0 unspecified atom stereocenters. The number of aromatic nitrogens is 3. The molecule has 0 bridgehead atoms. The molecule has 1 aromatic carbocycles. The lowest BCUT2D eigenvalue weighted by atomic mass is 10.0. The standard InChI is InChI=1S/C15H12N4O2/c1-2-10-3-4-11(7-12(10)9-16)15-18-14(19-21-15)8-13-5-6-17-20-13/h3-7H,2,8H2,1H3. The summed E-state index contributed by atoms with van der Waals surface area (Å²) in [7, 11) is 0. The molecule has 0 atom stereocenters. The third-order valence-electron chi connectivity index (χ3n) is 3.15. The average molecular weight is 280 g/mol. The van der Waals surface area contributed by atoms with Crippen molar-refractivity contribution in [2.24, 2.45) is 0 Å². The fourth-order valence-electron chi connectivity index (χ4n) is 2.05. The van der Waals surface area contributed by atoms with Crippen molar-refractivity contribution in [3.63, 3.8) is 0 Å². The highest BCUT2D eigenvalue weighted by atomic mass is 16.5. The maximum Gasteiger partial charge on any atom is 0.257 e. The number of benzene rings is 1. The van der Waals surface area contributed by atoms with Gasteiger partial charge in [-0.15, -0.1) is 0 Å². The van der Waals surface area contributed by atoms with Crippen LogP contribution in [0.3, 0.4) is 0 Å². The summed E-state index contributed by atoms with van der Waals surface area (Å²) >= 11 is 0. The predicted molar refractivity (Wildman–Crippen MR) is 73.1 cm³/mol. The predicted octanol–water partition coefficient (Wildman–Crippen LogP) is 2.75. The summed E-state index contributed by atoms with van der Waals surface area (Å²) in [5, 5.41) is 16.7. The van der Waals surface area contributed by atoms with Crippen molar-refractivity contribution in [3.05, 3.63) is 53.2 Å². The molecular weight excluding hydrogens is 268 g/mol. The van der Waals surface area contributed by atoms with Crippen LogP contribution in [0.1, 0.15) is 29.6 Å². The Labute approximate surface area is 121 Å². The van der Waals surface area contributed by atoms with Gasteiger partial charge < -0.3 is 9.05 Å². The Bertz CT molecular complexity index is 784. The number of hydrogen-bond acceptors (Lipinski definition) is 6. The third kappa shape index (κ3) is 2.67. The van der Waals surface area contributed by atoms with Gasteiger partial charge in [0.1, 0.15) is 5.76 Å². The van der Waals surface area contributed by atoms with Gasteiger partial charge in [-0.25, -0.2) is 0 Å². The summed E-state index contributed by atoms with van der Waals surface area (Å²) in [6.45, 7) is 2.01. The van der Waals surface area contributed by atoms with Crippen LogP contribution in [-0.2, 0) is 12.8 Å². The van der Waals surface area contributed by atoms with Gasteiger partial charge in [-0.3, -0.25) is 0 Å². The van der Waals surface area contributed by atoms with Gasteiger partial charge in [-0.05, 0) is 24.1 Å². The second-order valence-corrected chi connectivity index (χ2v) is 4.51. The zero-order valence-electron chi connectivity index (χ0n) is 11.4. The van der Waals surface area contributed by atoms with Gasteiger partial charge in [0.25, 0.3) is 5.89 Å². The molecule has 21 heavy (non-hydrogen) atoms. The van der Waals surface area contributed by atoms with E-state index < -0.39 is 0 Å². The Morgan fingerprint density at radius 3 is 2.86 bits per heavy atom. The Morgan fingerprint density at radius 2 is 2.14 bits per heavy atom. The first kappa shape index (κ1) is 13.1. The first-order valence-corrected chi connectivity index (χ1v) is 6.55. The monoisotopic (exact) mass is 280 g/mol. The summed E-state index contributed by atoms with van der Waals surface area (Å²) in [4.78, 5) is 4.31. The third-order valence-corrected chi connectivity index (χ3v) is 3.15. The number of rotatable bonds is 4. The molecule has 0 aliphatic heterocycles. The lowest BCUT2D eigenvalue weighted by Crippen LogP contribution is -1.90. The zero-order chi connectivity index (χ0) is 14.7. The normalized spacial score (nSPS) is 10.5. The zero-order valence-corrected chi connectivity index (χ0v) is 11.4. The molecular formula is C15H12N4O2. The molecule has 3 aromatic rings. The van der Waals surface area contributed by atoms with E-state index in [1.165, 1.54) is 0 Å². The fourth-order valence-corrected chi connectivity index (χ4v) is 2.05. The molecule has 0 fully saturated rings. The van der Waals surface area contributed by atoms with Crippen LogP contribution in [0.15, 0.2) is 39.5 Å². The fraction of sp³-hybridized carbons (Fsp3) is 0.200. The quantitative estimate of drug-likeness (QED) is 0.730. The minimum Gasteiger partial charge on any atom is -0.361 e. The minimum atomic E-state index is 0.392. The molecule has 0 aliphatic rings. The Morgan fingerprint density at radius 1 is 1.24 bits per heavy atom. The molecule has 0 saturated heterocycles. The molecule has 104 valence electrons. The Balaban J connectivity index is 1.88. The van der Waals surface area contributed by atoms with E-state index in [0.717, 1.165) is 17.5 Å². The van der Waals surface area contributed by atoms with Crippen molar-refractivity contribution in [2.75, 3.05) is 0 Å². The van der Waals surface area contributed by atoms with Crippen LogP contribution >= 0.6 is 0 Å². The van der Waals surface area contributed by atoms with Crippen LogP contribution < -0.4 is 0 Å². The van der Waals surface area contributed by atoms with Crippen LogP contribution in [0.4, 0.5) is 0 Å². The highest BCUT2D eigenvalue weighted by Gasteiger charge is 2.12. The maximum absolute atomic E-state index is 9.16. The van der Waals surface area contributed by atoms with E-state index in [9.17, 15) is 0 Å². The summed E-state index contributed by atoms with van der Waals surface area (Å²) in [5.41, 5.74) is 2.37. The van der Waals surface area contributed by atoms with E-state index in [2.05, 4.69) is 21.4 Å². The van der Waals surface area contributed by atoms with E-state index in [1.807, 2.05) is 19.1 Å². The summed E-state index contributed by atoms with van der Waals surface area (Å²) < 4.78 is 10.2. The Hall–Kier alpha value is -2.94. The summed E-state index contributed by atoms with van der Waals surface area (Å²) in [5.74, 6) is 1.57. The molecule has 0 amide bonds. The summed E-state index contributed by atoms with van der Waals surface area (Å²) in [6, 6.07) is 9.50. The van der Waals surface area contributed by atoms with Gasteiger partial charge in [0, 0.05) is 11.6 Å². The van der Waals surface area contributed by atoms with Gasteiger partial charge in [-0.2, -0.15) is 10.2 Å². The number of nitriles is 1. The highest BCUT2D eigenvalue weighted by Crippen LogP contribution is 2.21. The van der Waals surface area contributed by atoms with Crippen molar-refractivity contribution < 1.29 is 9.05 Å². The molecule has 2 heterocycles. The molecule has 0 saturated carbocycles. The smallest absolute Gasteiger partial charge is 0.257 e. The maximum atomic E-state index is 9.16. The van der Waals surface area contributed by atoms with Crippen LogP contribution in [0.2, 0.25) is 0 Å². The molecule has 0 N–H and O–H groups in total. The molecule has 6 heteroatoms. The molecule has 3 rings (SSSR count). The lowest BCUT2D eigenvalue weighted by Gasteiger charge is -2.01. The molecule has 2 aromatic heterocycles. The molecule has 6 nitrogen and oxygen atoms in total. The Kier molecular flexibility index (Phi) is 3.48. The number of aryl methyl sites for hydroxylation is 1. The second kappa shape index (κ2) is 5.59. The van der Waals surface area contributed by atoms with Gasteiger partial charge in [0.2, 0.25) is 0 Å². The second-order valence-electron chi connectivity index (χ2n) is 4.51. The molecule has 0 aliphatic carbocycles. The van der Waals surface area contributed by atoms with Crippen molar-refractivity contribution in [2.45, 2.75) is 19.8 Å². The van der Waals surface area contributed by atoms with E-state index in [1.54, 1.807) is 18.3 Å². The van der Waals surface area contributed by atoms with Crippen LogP contribution in [0, 0.1) is 11.3 Å². The van der Waals surface area contributed by atoms with E-state index in [4.69, 9.17) is 14.3 Å². The topological polar surface area (TPSA) is 88.7 Å². The van der Waals surface area contributed by atoms with Crippen LogP contribution in [0.25, 0.3) is 11.5 Å². The van der Waals surface area contributed by atoms with Gasteiger partial charge >= 0.3 is 0 Å². The molecule has 0 spiro atoms. The van der Waals surface area contributed by atoms with Crippen molar-refractivity contribution in [1.82, 2.24) is 15.3 Å². The van der Waals surface area contributed by atoms with Crippen LogP contribution in [-0.4, -0.2) is 15.3 Å². The summed E-state index contributed by atoms with van der Waals surface area (Å²) in [6.07, 6.45) is 2.80. The van der Waals surface area contributed by atoms with E-state index >= 15 is 0 Å². The molecule has 0 radical (unpaired) electrons. The lowest BCUT2D eigenvalue weighted by molar-refractivity contribution is 0.382. The van der Waals surface area contributed by atoms with Crippen molar-refractivity contribution in [1.29, 1.82) is 5.26 Å². The first-order valence-electron chi connectivity index (χ1n) is 6.55. The highest BCUT2D eigenvalue weighted by molar-refractivity contribution is 5.58. The number of hydrogen-bond donors (Lipinski definition) is 0. The van der Waals surface area contributed by atoms with E-state index in [-0.39, 0.29) is 0 Å². The first-order chi connectivity index (χ1) is 10.3. The SMILES string of the molecule is CCc1ccc(-c2nc(Cc3ccno3)no2)cc1C#N. The van der Waals surface area contributed by atoms with Crippen molar-refractivity contribution >= 4 is 0 Å². The van der Waals surface area contributed by atoms with Gasteiger partial charge in [-0.1, -0.05) is 23.3 Å². The van der Waals surface area contributed by atoms with Gasteiger partial charge in [0.15, 0.2) is 5.82 Å². The average Bonchev–Trinajstić information content (AvgIpc) is 3.19. The van der Waals surface area contributed by atoms with Gasteiger partial charge in [0.05, 0.1) is 24.3 Å². The minimum absolute atomic E-state index is 0.392. The largest absolute Gasteiger partial charge is 0.361 e.